The predicted octanol–water partition coefficient (Wildman–Crippen LogP) is 2.08. The molecule has 1 saturated carbocycles. The summed E-state index contributed by atoms with van der Waals surface area (Å²) < 4.78 is 0. The number of carbonyl (C=O) groups is 2. The molecule has 0 saturated heterocycles. The maximum absolute atomic E-state index is 10.9. The number of aliphatic carboxylic acids is 1. The lowest BCUT2D eigenvalue weighted by Crippen LogP contribution is -2.12. The Hall–Kier alpha value is -1.64. The van der Waals surface area contributed by atoms with Crippen LogP contribution in [0, 0.1) is 5.41 Å². The molecule has 0 spiro atoms. The molecule has 1 aliphatic carbocycles. The zero-order chi connectivity index (χ0) is 11.5. The molecule has 0 amide bonds. The zero-order valence-electron chi connectivity index (χ0n) is 8.64. The summed E-state index contributed by atoms with van der Waals surface area (Å²) in [5.41, 5.74) is 0.633. The number of rotatable bonds is 2. The lowest BCUT2D eigenvalue weighted by molar-refractivity contribution is -0.142. The molecule has 0 heterocycles. The quantitative estimate of drug-likeness (QED) is 0.806. The third kappa shape index (κ3) is 2.06. The molecule has 1 fully saturated rings. The van der Waals surface area contributed by atoms with Crippen molar-refractivity contribution in [2.24, 2.45) is 5.41 Å². The van der Waals surface area contributed by atoms with Gasteiger partial charge in [0, 0.05) is 5.92 Å². The van der Waals surface area contributed by atoms with Gasteiger partial charge in [-0.2, -0.15) is 0 Å². The minimum atomic E-state index is -0.679. The molecule has 3 nitrogen and oxygen atoms in total. The Morgan fingerprint density at radius 2 is 1.93 bits per heavy atom. The summed E-state index contributed by atoms with van der Waals surface area (Å²) in [6, 6.07) is 9.85. The molecule has 2 rings (SSSR count). The van der Waals surface area contributed by atoms with E-state index in [0.717, 1.165) is 12.0 Å². The van der Waals surface area contributed by atoms with E-state index in [9.17, 15) is 4.79 Å². The van der Waals surface area contributed by atoms with Crippen LogP contribution >= 0.6 is 0 Å². The van der Waals surface area contributed by atoms with Crippen molar-refractivity contribution in [2.45, 2.75) is 19.3 Å². The van der Waals surface area contributed by atoms with E-state index in [2.05, 4.69) is 0 Å². The average Bonchev–Trinajstić information content (AvgIpc) is 2.97. The van der Waals surface area contributed by atoms with E-state index < -0.39 is 11.4 Å². The highest BCUT2D eigenvalue weighted by molar-refractivity contribution is 5.79. The van der Waals surface area contributed by atoms with Crippen LogP contribution in [0.2, 0.25) is 0 Å². The largest absolute Gasteiger partial charge is 0.481 e. The van der Waals surface area contributed by atoms with Crippen molar-refractivity contribution in [3.63, 3.8) is 0 Å². The van der Waals surface area contributed by atoms with Gasteiger partial charge in [0.1, 0.15) is 6.79 Å². The van der Waals surface area contributed by atoms with Crippen LogP contribution in [0.1, 0.15) is 24.8 Å². The Bertz CT molecular complexity index is 347. The standard InChI is InChI=1S/C11H12O2.CH2O/c1-11(10(12)13)7-9(11)8-5-3-2-4-6-8;1-2/h2-6,9H,7H2,1H3,(H,12,13);1H2. The second kappa shape index (κ2) is 4.26. The Morgan fingerprint density at radius 1 is 1.40 bits per heavy atom. The normalized spacial score (nSPS) is 27.4. The molecular formula is C12H14O3. The summed E-state index contributed by atoms with van der Waals surface area (Å²) in [6.07, 6.45) is 0.770. The van der Waals surface area contributed by atoms with Crippen LogP contribution in [0.15, 0.2) is 30.3 Å². The number of benzene rings is 1. The summed E-state index contributed by atoms with van der Waals surface area (Å²) >= 11 is 0. The van der Waals surface area contributed by atoms with Crippen LogP contribution in [0.4, 0.5) is 0 Å². The highest BCUT2D eigenvalue weighted by Gasteiger charge is 2.56. The summed E-state index contributed by atoms with van der Waals surface area (Å²) in [5.74, 6) is -0.465. The van der Waals surface area contributed by atoms with E-state index in [1.807, 2.05) is 44.0 Å². The molecule has 2 atom stereocenters. The van der Waals surface area contributed by atoms with E-state index in [1.165, 1.54) is 0 Å². The van der Waals surface area contributed by atoms with Crippen molar-refractivity contribution in [3.05, 3.63) is 35.9 Å². The summed E-state index contributed by atoms with van der Waals surface area (Å²) in [5, 5.41) is 8.94. The number of hydrogen-bond acceptors (Lipinski definition) is 2. The molecule has 0 aliphatic heterocycles. The van der Waals surface area contributed by atoms with Gasteiger partial charge in [-0.15, -0.1) is 0 Å². The molecule has 3 heteroatoms. The third-order valence-electron chi connectivity index (χ3n) is 2.93. The Morgan fingerprint density at radius 3 is 2.33 bits per heavy atom. The molecule has 1 aromatic rings. The van der Waals surface area contributed by atoms with Crippen molar-refractivity contribution in [1.29, 1.82) is 0 Å². The SMILES string of the molecule is C=O.CC1(C(=O)O)CC1c1ccccc1. The van der Waals surface area contributed by atoms with Gasteiger partial charge in [-0.3, -0.25) is 4.79 Å². The number of carbonyl (C=O) groups excluding carboxylic acids is 1. The van der Waals surface area contributed by atoms with E-state index in [4.69, 9.17) is 9.90 Å². The molecule has 0 radical (unpaired) electrons. The molecule has 80 valence electrons. The third-order valence-corrected chi connectivity index (χ3v) is 2.93. The molecule has 1 N–H and O–H groups in total. The van der Waals surface area contributed by atoms with E-state index >= 15 is 0 Å². The minimum absolute atomic E-state index is 0.214. The fourth-order valence-electron chi connectivity index (χ4n) is 1.77. The number of carboxylic acid groups (broad SMARTS) is 1. The molecule has 1 aromatic carbocycles. The van der Waals surface area contributed by atoms with Crippen LogP contribution in [-0.2, 0) is 9.59 Å². The van der Waals surface area contributed by atoms with Crippen molar-refractivity contribution < 1.29 is 14.7 Å². The Labute approximate surface area is 88.7 Å². The van der Waals surface area contributed by atoms with Crippen LogP contribution in [0.3, 0.4) is 0 Å². The van der Waals surface area contributed by atoms with Crippen molar-refractivity contribution in [1.82, 2.24) is 0 Å². The fourth-order valence-corrected chi connectivity index (χ4v) is 1.77. The van der Waals surface area contributed by atoms with E-state index in [0.29, 0.717) is 0 Å². The van der Waals surface area contributed by atoms with Crippen LogP contribution in [0.25, 0.3) is 0 Å². The Kier molecular flexibility index (Phi) is 3.24. The monoisotopic (exact) mass is 206 g/mol. The minimum Gasteiger partial charge on any atom is -0.481 e. The summed E-state index contributed by atoms with van der Waals surface area (Å²) in [4.78, 5) is 18.9. The second-order valence-electron chi connectivity index (χ2n) is 3.89. The van der Waals surface area contributed by atoms with Crippen molar-refractivity contribution >= 4 is 12.8 Å². The molecule has 0 bridgehead atoms. The lowest BCUT2D eigenvalue weighted by Gasteiger charge is -2.04. The van der Waals surface area contributed by atoms with Crippen LogP contribution in [0.5, 0.6) is 0 Å². The molecular weight excluding hydrogens is 192 g/mol. The average molecular weight is 206 g/mol. The zero-order valence-corrected chi connectivity index (χ0v) is 8.64. The first-order valence-corrected chi connectivity index (χ1v) is 4.72. The summed E-state index contributed by atoms with van der Waals surface area (Å²) in [7, 11) is 0. The van der Waals surface area contributed by atoms with Gasteiger partial charge >= 0.3 is 5.97 Å². The highest BCUT2D eigenvalue weighted by Crippen LogP contribution is 2.58. The van der Waals surface area contributed by atoms with Gasteiger partial charge in [-0.1, -0.05) is 30.3 Å². The lowest BCUT2D eigenvalue weighted by atomic mass is 10.0. The first-order chi connectivity index (χ1) is 7.14. The first-order valence-electron chi connectivity index (χ1n) is 4.72. The summed E-state index contributed by atoms with van der Waals surface area (Å²) in [6.45, 7) is 3.81. The smallest absolute Gasteiger partial charge is 0.309 e. The van der Waals surface area contributed by atoms with Gasteiger partial charge in [0.2, 0.25) is 0 Å². The number of hydrogen-bond donors (Lipinski definition) is 1. The van der Waals surface area contributed by atoms with Crippen molar-refractivity contribution in [3.8, 4) is 0 Å². The Balaban J connectivity index is 0.000000531. The van der Waals surface area contributed by atoms with Crippen LogP contribution in [-0.4, -0.2) is 17.9 Å². The molecule has 0 aromatic heterocycles. The topological polar surface area (TPSA) is 54.4 Å². The van der Waals surface area contributed by atoms with Gasteiger partial charge in [0.05, 0.1) is 5.41 Å². The number of carboxylic acids is 1. The molecule has 15 heavy (non-hydrogen) atoms. The maximum atomic E-state index is 10.9. The predicted molar refractivity (Wildman–Crippen MR) is 56.7 cm³/mol. The molecule has 2 unspecified atom stereocenters. The van der Waals surface area contributed by atoms with Gasteiger partial charge in [0.25, 0.3) is 0 Å². The van der Waals surface area contributed by atoms with E-state index in [1.54, 1.807) is 0 Å². The maximum Gasteiger partial charge on any atom is 0.309 e. The van der Waals surface area contributed by atoms with E-state index in [-0.39, 0.29) is 5.92 Å². The second-order valence-corrected chi connectivity index (χ2v) is 3.89. The molecule has 1 aliphatic rings. The van der Waals surface area contributed by atoms with Gasteiger partial charge in [-0.05, 0) is 18.9 Å². The van der Waals surface area contributed by atoms with Gasteiger partial charge < -0.3 is 9.90 Å². The van der Waals surface area contributed by atoms with Crippen LogP contribution < -0.4 is 0 Å². The van der Waals surface area contributed by atoms with Crippen molar-refractivity contribution in [2.75, 3.05) is 0 Å². The van der Waals surface area contributed by atoms with Gasteiger partial charge in [-0.25, -0.2) is 0 Å². The highest BCUT2D eigenvalue weighted by atomic mass is 16.4. The fraction of sp³-hybridized carbons (Fsp3) is 0.333. The first kappa shape index (κ1) is 11.4. The van der Waals surface area contributed by atoms with Gasteiger partial charge in [0.15, 0.2) is 0 Å².